The molecule has 6 nitrogen and oxygen atoms in total. The van der Waals surface area contributed by atoms with Crippen molar-refractivity contribution in [1.82, 2.24) is 14.5 Å². The highest BCUT2D eigenvalue weighted by Crippen LogP contribution is 2.18. The molecule has 1 amide bonds. The monoisotopic (exact) mass is 351 g/mol. The zero-order valence-corrected chi connectivity index (χ0v) is 14.9. The second-order valence-corrected chi connectivity index (χ2v) is 6.06. The van der Waals surface area contributed by atoms with Gasteiger partial charge >= 0.3 is 5.97 Å². The van der Waals surface area contributed by atoms with Crippen LogP contribution in [0.3, 0.4) is 0 Å². The van der Waals surface area contributed by atoms with Crippen LogP contribution in [0.1, 0.15) is 23.2 Å². The van der Waals surface area contributed by atoms with Crippen LogP contribution in [0.15, 0.2) is 54.9 Å². The normalized spacial score (nSPS) is 10.7. The zero-order valence-electron chi connectivity index (χ0n) is 14.9. The number of para-hydroxylation sites is 2. The maximum Gasteiger partial charge on any atom is 0.305 e. The van der Waals surface area contributed by atoms with Gasteiger partial charge in [-0.3, -0.25) is 14.2 Å². The summed E-state index contributed by atoms with van der Waals surface area (Å²) in [6.45, 7) is 0.502. The average Bonchev–Trinajstić information content (AvgIpc) is 3.11. The van der Waals surface area contributed by atoms with E-state index in [0.717, 1.165) is 16.7 Å². The highest BCUT2D eigenvalue weighted by molar-refractivity contribution is 5.94. The Hall–Kier alpha value is -3.15. The third-order valence-corrected chi connectivity index (χ3v) is 4.29. The van der Waals surface area contributed by atoms with Crippen molar-refractivity contribution in [2.45, 2.75) is 12.8 Å². The molecule has 3 rings (SSSR count). The summed E-state index contributed by atoms with van der Waals surface area (Å²) in [6, 6.07) is 15.3. The number of imidazole rings is 1. The van der Waals surface area contributed by atoms with Gasteiger partial charge in [0.1, 0.15) is 6.33 Å². The van der Waals surface area contributed by atoms with Gasteiger partial charge in [0.25, 0.3) is 5.91 Å². The Morgan fingerprint density at radius 2 is 1.85 bits per heavy atom. The van der Waals surface area contributed by atoms with Crippen molar-refractivity contribution in [3.8, 4) is 5.69 Å². The molecule has 0 fully saturated rings. The van der Waals surface area contributed by atoms with E-state index in [4.69, 9.17) is 0 Å². The van der Waals surface area contributed by atoms with Gasteiger partial charge in [0.2, 0.25) is 0 Å². The standard InChI is InChI=1S/C20H21N3O3/c1-22(13-5-8-19(24)26-2)20(25)15-9-11-16(12-10-15)23-14-21-17-6-3-4-7-18(17)23/h3-4,6-7,9-12,14H,5,8,13H2,1-2H3. The summed E-state index contributed by atoms with van der Waals surface area (Å²) in [5.41, 5.74) is 3.51. The molecule has 0 bridgehead atoms. The number of hydrogen-bond acceptors (Lipinski definition) is 4. The molecular weight excluding hydrogens is 330 g/mol. The van der Waals surface area contributed by atoms with Gasteiger partial charge in [0.05, 0.1) is 18.1 Å². The lowest BCUT2D eigenvalue weighted by atomic mass is 10.1. The first-order chi connectivity index (χ1) is 12.6. The van der Waals surface area contributed by atoms with E-state index >= 15 is 0 Å². The van der Waals surface area contributed by atoms with Crippen LogP contribution < -0.4 is 0 Å². The number of carbonyl (C=O) groups excluding carboxylic acids is 2. The van der Waals surface area contributed by atoms with E-state index in [9.17, 15) is 9.59 Å². The minimum absolute atomic E-state index is 0.0723. The van der Waals surface area contributed by atoms with Gasteiger partial charge in [-0.05, 0) is 42.8 Å². The minimum atomic E-state index is -0.261. The van der Waals surface area contributed by atoms with E-state index < -0.39 is 0 Å². The van der Waals surface area contributed by atoms with Crippen molar-refractivity contribution < 1.29 is 14.3 Å². The number of esters is 1. The van der Waals surface area contributed by atoms with Gasteiger partial charge in [0, 0.05) is 31.3 Å². The Labute approximate surface area is 152 Å². The molecule has 1 aromatic heterocycles. The third-order valence-electron chi connectivity index (χ3n) is 4.29. The van der Waals surface area contributed by atoms with Crippen LogP contribution in [0, 0.1) is 0 Å². The molecule has 0 N–H and O–H groups in total. The van der Waals surface area contributed by atoms with Crippen LogP contribution in [-0.2, 0) is 9.53 Å². The van der Waals surface area contributed by atoms with Gasteiger partial charge in [-0.25, -0.2) is 4.98 Å². The lowest BCUT2D eigenvalue weighted by molar-refractivity contribution is -0.140. The predicted molar refractivity (Wildman–Crippen MR) is 99.3 cm³/mol. The van der Waals surface area contributed by atoms with Crippen molar-refractivity contribution in [1.29, 1.82) is 0 Å². The van der Waals surface area contributed by atoms with Crippen molar-refractivity contribution in [3.63, 3.8) is 0 Å². The summed E-state index contributed by atoms with van der Waals surface area (Å²) in [4.78, 5) is 29.6. The van der Waals surface area contributed by atoms with E-state index in [1.54, 1.807) is 18.3 Å². The summed E-state index contributed by atoms with van der Waals surface area (Å²) < 4.78 is 6.60. The Balaban J connectivity index is 1.69. The highest BCUT2D eigenvalue weighted by atomic mass is 16.5. The molecule has 6 heteroatoms. The summed E-state index contributed by atoms with van der Waals surface area (Å²) in [5, 5.41) is 0. The molecule has 1 heterocycles. The molecule has 0 saturated heterocycles. The molecule has 0 spiro atoms. The topological polar surface area (TPSA) is 64.4 Å². The van der Waals surface area contributed by atoms with Crippen molar-refractivity contribution in [2.75, 3.05) is 20.7 Å². The largest absolute Gasteiger partial charge is 0.469 e. The lowest BCUT2D eigenvalue weighted by Crippen LogP contribution is -2.28. The molecular formula is C20H21N3O3. The summed E-state index contributed by atoms with van der Waals surface area (Å²) in [6.07, 6.45) is 2.66. The Morgan fingerprint density at radius 3 is 2.58 bits per heavy atom. The van der Waals surface area contributed by atoms with E-state index in [-0.39, 0.29) is 11.9 Å². The number of nitrogens with zero attached hydrogens (tertiary/aromatic N) is 3. The first-order valence-electron chi connectivity index (χ1n) is 8.45. The molecule has 0 aliphatic carbocycles. The SMILES string of the molecule is COC(=O)CCCN(C)C(=O)c1ccc(-n2cnc3ccccc32)cc1. The van der Waals surface area contributed by atoms with Crippen LogP contribution in [0.25, 0.3) is 16.7 Å². The number of ether oxygens (including phenoxy) is 1. The number of fused-ring (bicyclic) bond motifs is 1. The summed E-state index contributed by atoms with van der Waals surface area (Å²) in [7, 11) is 3.10. The molecule has 0 saturated carbocycles. The quantitative estimate of drug-likeness (QED) is 0.640. The second-order valence-electron chi connectivity index (χ2n) is 6.06. The van der Waals surface area contributed by atoms with Crippen LogP contribution in [0.2, 0.25) is 0 Å². The molecule has 0 atom stereocenters. The first-order valence-corrected chi connectivity index (χ1v) is 8.45. The zero-order chi connectivity index (χ0) is 18.5. The maximum absolute atomic E-state index is 12.5. The fraction of sp³-hybridized carbons (Fsp3) is 0.250. The van der Waals surface area contributed by atoms with Crippen molar-refractivity contribution in [2.24, 2.45) is 0 Å². The number of hydrogen-bond donors (Lipinski definition) is 0. The van der Waals surface area contributed by atoms with Gasteiger partial charge in [-0.2, -0.15) is 0 Å². The van der Waals surface area contributed by atoms with E-state index in [1.807, 2.05) is 53.1 Å². The molecule has 3 aromatic rings. The van der Waals surface area contributed by atoms with Gasteiger partial charge in [-0.1, -0.05) is 12.1 Å². The van der Waals surface area contributed by atoms with Gasteiger partial charge in [-0.15, -0.1) is 0 Å². The van der Waals surface area contributed by atoms with Gasteiger partial charge < -0.3 is 9.64 Å². The molecule has 0 aliphatic rings. The first kappa shape index (κ1) is 17.7. The molecule has 134 valence electrons. The van der Waals surface area contributed by atoms with Gasteiger partial charge in [0.15, 0.2) is 0 Å². The van der Waals surface area contributed by atoms with Crippen molar-refractivity contribution in [3.05, 3.63) is 60.4 Å². The van der Waals surface area contributed by atoms with Crippen LogP contribution in [0.5, 0.6) is 0 Å². The fourth-order valence-electron chi connectivity index (χ4n) is 2.81. The molecule has 0 unspecified atom stereocenters. The Kier molecular flexibility index (Phi) is 5.31. The number of carbonyl (C=O) groups is 2. The van der Waals surface area contributed by atoms with Crippen LogP contribution in [-0.4, -0.2) is 47.0 Å². The number of amides is 1. The smallest absolute Gasteiger partial charge is 0.305 e. The average molecular weight is 351 g/mol. The minimum Gasteiger partial charge on any atom is -0.469 e. The third kappa shape index (κ3) is 3.74. The summed E-state index contributed by atoms with van der Waals surface area (Å²) >= 11 is 0. The van der Waals surface area contributed by atoms with E-state index in [2.05, 4.69) is 9.72 Å². The molecule has 0 aliphatic heterocycles. The number of rotatable bonds is 6. The Morgan fingerprint density at radius 1 is 1.12 bits per heavy atom. The lowest BCUT2D eigenvalue weighted by Gasteiger charge is -2.17. The van der Waals surface area contributed by atoms with Crippen LogP contribution in [0.4, 0.5) is 0 Å². The number of methoxy groups -OCH3 is 1. The fourth-order valence-corrected chi connectivity index (χ4v) is 2.81. The predicted octanol–water partition coefficient (Wildman–Crippen LogP) is 3.05. The van der Waals surface area contributed by atoms with E-state index in [0.29, 0.717) is 24.9 Å². The van der Waals surface area contributed by atoms with Crippen molar-refractivity contribution >= 4 is 22.9 Å². The number of benzene rings is 2. The van der Waals surface area contributed by atoms with Crippen LogP contribution >= 0.6 is 0 Å². The molecule has 26 heavy (non-hydrogen) atoms. The maximum atomic E-state index is 12.5. The molecule has 0 radical (unpaired) electrons. The number of aromatic nitrogens is 2. The highest BCUT2D eigenvalue weighted by Gasteiger charge is 2.13. The van der Waals surface area contributed by atoms with E-state index in [1.165, 1.54) is 7.11 Å². The summed E-state index contributed by atoms with van der Waals surface area (Å²) in [5.74, 6) is -0.334. The Bertz CT molecular complexity index is 915. The molecule has 2 aromatic carbocycles. The second kappa shape index (κ2) is 7.82.